The fourth-order valence-electron chi connectivity index (χ4n) is 4.02. The lowest BCUT2D eigenvalue weighted by Gasteiger charge is -2.26. The normalized spacial score (nSPS) is 24.2. The predicted octanol–water partition coefficient (Wildman–Crippen LogP) is 3.18. The van der Waals surface area contributed by atoms with Gasteiger partial charge in [0.15, 0.2) is 0 Å². The third kappa shape index (κ3) is 4.33. The number of alkyl halides is 3. The molecule has 0 radical (unpaired) electrons. The summed E-state index contributed by atoms with van der Waals surface area (Å²) >= 11 is 0. The number of halogens is 5. The van der Waals surface area contributed by atoms with Crippen molar-refractivity contribution in [1.29, 1.82) is 0 Å². The van der Waals surface area contributed by atoms with Crippen LogP contribution in [-0.4, -0.2) is 61.6 Å². The van der Waals surface area contributed by atoms with Crippen LogP contribution in [0.5, 0.6) is 0 Å². The molecule has 2 aliphatic heterocycles. The first-order valence-corrected chi connectivity index (χ1v) is 12.0. The van der Waals surface area contributed by atoms with E-state index in [1.807, 2.05) is 4.72 Å². The quantitative estimate of drug-likeness (QED) is 0.611. The van der Waals surface area contributed by atoms with Gasteiger partial charge in [-0.2, -0.15) is 0 Å². The molecule has 0 amide bonds. The van der Waals surface area contributed by atoms with E-state index in [2.05, 4.69) is 10.1 Å². The first-order chi connectivity index (χ1) is 16.0. The molecule has 13 heteroatoms. The highest BCUT2D eigenvalue weighted by Crippen LogP contribution is 2.42. The molecule has 0 spiro atoms. The maximum Gasteiger partial charge on any atom is 0.282 e. The van der Waals surface area contributed by atoms with Crippen molar-refractivity contribution in [3.8, 4) is 11.1 Å². The van der Waals surface area contributed by atoms with Crippen LogP contribution in [-0.2, 0) is 20.5 Å². The van der Waals surface area contributed by atoms with Crippen LogP contribution < -0.4 is 4.72 Å². The van der Waals surface area contributed by atoms with E-state index in [0.717, 1.165) is 17.0 Å². The molecule has 2 aliphatic rings. The molecule has 2 atom stereocenters. The molecule has 1 fully saturated rings. The van der Waals surface area contributed by atoms with E-state index >= 15 is 0 Å². The first kappa shape index (κ1) is 24.3. The van der Waals surface area contributed by atoms with E-state index in [9.17, 15) is 30.4 Å². The molecule has 184 valence electrons. The highest BCUT2D eigenvalue weighted by Gasteiger charge is 2.53. The van der Waals surface area contributed by atoms with Crippen molar-refractivity contribution < 1.29 is 35.2 Å². The maximum atomic E-state index is 14.5. The number of amidine groups is 1. The number of likely N-dealkylation sites (tertiary alicyclic amines) is 1. The largest absolute Gasteiger partial charge is 0.378 e. The van der Waals surface area contributed by atoms with Crippen LogP contribution in [0.4, 0.5) is 22.0 Å². The van der Waals surface area contributed by atoms with Crippen LogP contribution in [0.1, 0.15) is 19.0 Å². The molecular weight excluding hydrogens is 483 g/mol. The topological polar surface area (TPSA) is 83.9 Å². The molecule has 1 saturated heterocycles. The molecular formula is C21H21F5N4O3S. The van der Waals surface area contributed by atoms with Crippen LogP contribution in [0.2, 0.25) is 0 Å². The molecule has 0 saturated carbocycles. The minimum Gasteiger partial charge on any atom is -0.378 e. The fraction of sp³-hybridized carbons (Fsp3) is 0.429. The number of nitrogens with zero attached hydrogens (tertiary/aromatic N) is 3. The number of sulfonamides is 1. The number of pyridine rings is 1. The van der Waals surface area contributed by atoms with Gasteiger partial charge in [-0.25, -0.2) is 35.1 Å². The predicted molar refractivity (Wildman–Crippen MR) is 113 cm³/mol. The second-order valence-electron chi connectivity index (χ2n) is 8.12. The summed E-state index contributed by atoms with van der Waals surface area (Å²) < 4.78 is 97.9. The maximum absolute atomic E-state index is 14.5. The molecule has 1 unspecified atom stereocenters. The zero-order valence-electron chi connectivity index (χ0n) is 17.9. The summed E-state index contributed by atoms with van der Waals surface area (Å²) in [5.74, 6) is -5.64. The average molecular weight is 504 g/mol. The Morgan fingerprint density at radius 2 is 1.91 bits per heavy atom. The van der Waals surface area contributed by atoms with Gasteiger partial charge in [-0.1, -0.05) is 17.3 Å². The Morgan fingerprint density at radius 1 is 1.21 bits per heavy atom. The van der Waals surface area contributed by atoms with E-state index in [0.29, 0.717) is 0 Å². The monoisotopic (exact) mass is 504 g/mol. The Kier molecular flexibility index (Phi) is 6.27. The zero-order valence-corrected chi connectivity index (χ0v) is 18.8. The van der Waals surface area contributed by atoms with E-state index in [4.69, 9.17) is 4.84 Å². The summed E-state index contributed by atoms with van der Waals surface area (Å²) in [7, 11) is -3.90. The lowest BCUT2D eigenvalue weighted by Crippen LogP contribution is -2.47. The summed E-state index contributed by atoms with van der Waals surface area (Å²) in [6.45, 7) is -1.18. The van der Waals surface area contributed by atoms with Gasteiger partial charge in [-0.3, -0.25) is 4.98 Å². The van der Waals surface area contributed by atoms with Gasteiger partial charge < -0.3 is 9.74 Å². The Hall–Kier alpha value is -2.80. The van der Waals surface area contributed by atoms with Crippen molar-refractivity contribution in [3.63, 3.8) is 0 Å². The van der Waals surface area contributed by atoms with E-state index in [-0.39, 0.29) is 29.3 Å². The number of hydrogen-bond acceptors (Lipinski definition) is 6. The van der Waals surface area contributed by atoms with Gasteiger partial charge in [0.1, 0.15) is 30.2 Å². The van der Waals surface area contributed by atoms with Gasteiger partial charge in [-0.15, -0.1) is 0 Å². The van der Waals surface area contributed by atoms with E-state index in [1.165, 1.54) is 31.3 Å². The number of rotatable bonds is 6. The molecule has 2 aromatic rings. The van der Waals surface area contributed by atoms with Crippen molar-refractivity contribution in [3.05, 3.63) is 53.9 Å². The smallest absolute Gasteiger partial charge is 0.282 e. The van der Waals surface area contributed by atoms with Gasteiger partial charge in [-0.05, 0) is 25.1 Å². The molecule has 0 bridgehead atoms. The van der Waals surface area contributed by atoms with Gasteiger partial charge in [0.05, 0.1) is 30.0 Å². The molecule has 0 aliphatic carbocycles. The van der Waals surface area contributed by atoms with Gasteiger partial charge >= 0.3 is 0 Å². The average Bonchev–Trinajstić information content (AvgIpc) is 3.35. The lowest BCUT2D eigenvalue weighted by molar-refractivity contribution is -0.0434. The highest BCUT2D eigenvalue weighted by molar-refractivity contribution is 7.89. The van der Waals surface area contributed by atoms with Crippen molar-refractivity contribution in [2.75, 3.05) is 25.5 Å². The minimum atomic E-state index is -3.90. The van der Waals surface area contributed by atoms with Crippen molar-refractivity contribution >= 4 is 15.9 Å². The molecule has 1 aromatic heterocycles. The molecule has 3 heterocycles. The van der Waals surface area contributed by atoms with Gasteiger partial charge in [0.2, 0.25) is 15.6 Å². The van der Waals surface area contributed by atoms with Crippen LogP contribution in [0.15, 0.2) is 41.7 Å². The highest BCUT2D eigenvalue weighted by atomic mass is 32.2. The second kappa shape index (κ2) is 8.77. The lowest BCUT2D eigenvalue weighted by atomic mass is 9.89. The number of oxime groups is 1. The summed E-state index contributed by atoms with van der Waals surface area (Å²) in [6, 6.07) is 4.32. The minimum absolute atomic E-state index is 0.0545. The van der Waals surface area contributed by atoms with Crippen LogP contribution in [0.25, 0.3) is 11.1 Å². The number of aromatic nitrogens is 1. The Labute approximate surface area is 192 Å². The summed E-state index contributed by atoms with van der Waals surface area (Å²) in [5.41, 5.74) is -2.55. The van der Waals surface area contributed by atoms with Crippen LogP contribution in [0.3, 0.4) is 0 Å². The summed E-state index contributed by atoms with van der Waals surface area (Å²) in [5, 5.41) is 3.78. The molecule has 34 heavy (non-hydrogen) atoms. The SMILES string of the molecule is CCS(=O)(=O)N[C@@H]1CN(C2=NOC(CF)(c3ncccc3-c3c(F)cccc3F)C2)CC1(F)F. The third-order valence-electron chi connectivity index (χ3n) is 5.84. The Morgan fingerprint density at radius 3 is 2.56 bits per heavy atom. The molecule has 1 N–H and O–H groups in total. The summed E-state index contributed by atoms with van der Waals surface area (Å²) in [6.07, 6.45) is 0.933. The first-order valence-electron chi connectivity index (χ1n) is 10.4. The van der Waals surface area contributed by atoms with Crippen molar-refractivity contribution in [2.24, 2.45) is 5.16 Å². The second-order valence-corrected chi connectivity index (χ2v) is 10.2. The third-order valence-corrected chi connectivity index (χ3v) is 7.24. The Balaban J connectivity index is 1.63. The van der Waals surface area contributed by atoms with Crippen molar-refractivity contribution in [1.82, 2.24) is 14.6 Å². The van der Waals surface area contributed by atoms with Crippen LogP contribution in [0, 0.1) is 11.6 Å². The summed E-state index contributed by atoms with van der Waals surface area (Å²) in [4.78, 5) is 10.5. The number of hydrogen-bond donors (Lipinski definition) is 1. The molecule has 4 rings (SSSR count). The van der Waals surface area contributed by atoms with Gasteiger partial charge in [0, 0.05) is 18.3 Å². The Bertz CT molecular complexity index is 1210. The number of nitrogens with one attached hydrogen (secondary N) is 1. The van der Waals surface area contributed by atoms with E-state index in [1.54, 1.807) is 0 Å². The number of benzene rings is 1. The van der Waals surface area contributed by atoms with Crippen LogP contribution >= 0.6 is 0 Å². The van der Waals surface area contributed by atoms with Gasteiger partial charge in [0.25, 0.3) is 5.92 Å². The zero-order chi connectivity index (χ0) is 24.7. The standard InChI is InChI=1S/C21H21F5N4O3S/c1-2-34(31,32)29-16-10-30(12-21(16,25)26)17-9-20(11-22,33-28-17)19-13(5-4-8-27-19)18-14(23)6-3-7-15(18)24/h3-8,16,29H,2,9-12H2,1H3/t16-,20?/m1/s1. The van der Waals surface area contributed by atoms with E-state index < -0.39 is 64.6 Å². The van der Waals surface area contributed by atoms with Crippen molar-refractivity contribution in [2.45, 2.75) is 30.9 Å². The molecule has 7 nitrogen and oxygen atoms in total. The fourth-order valence-corrected chi connectivity index (χ4v) is 4.87. The molecule has 1 aromatic carbocycles.